The normalized spacial score (nSPS) is 13.1. The third kappa shape index (κ3) is 38.6. The van der Waals surface area contributed by atoms with E-state index in [9.17, 15) is 76.7 Å². The van der Waals surface area contributed by atoms with Gasteiger partial charge >= 0.3 is 47.8 Å². The smallest absolute Gasteiger partial charge is 0.337 e. The SMILES string of the molecule is CC(=O)N[C@@H](CS)C(=O)OC(=O)[C@@H](CS)NC(C)=O.CC(=O)N[C@@H](CS)C(=O)OC(=O)[C@@H](CS)NC(C)=O.CC(=O)N[C@@H](CS)C(=O)OC(=O)[C@H](CS)NC(C)=O.CC(=O)N[C@H](CS)C(=O)OC(=O)[C@@H](CS)NC(C)=O. The number of esters is 8. The van der Waals surface area contributed by atoms with Crippen LogP contribution in [0, 0.1) is 0 Å². The number of ether oxygens (including phenoxy) is 4. The number of rotatable bonds is 24. The minimum atomic E-state index is -1.03. The van der Waals surface area contributed by atoms with E-state index in [2.05, 4.69) is 163 Å². The van der Waals surface area contributed by atoms with Gasteiger partial charge in [0, 0.05) is 101 Å². The molecule has 0 aromatic carbocycles. The van der Waals surface area contributed by atoms with Crippen molar-refractivity contribution < 1.29 is 95.7 Å². The molecule has 8 N–H and O–H groups in total. The van der Waals surface area contributed by atoms with E-state index in [4.69, 9.17) is 0 Å². The van der Waals surface area contributed by atoms with Gasteiger partial charge in [-0.25, -0.2) is 38.4 Å². The van der Waals surface area contributed by atoms with Gasteiger partial charge in [0.05, 0.1) is 0 Å². The first-order chi connectivity index (χ1) is 35.2. The summed E-state index contributed by atoms with van der Waals surface area (Å²) in [4.78, 5) is 179. The van der Waals surface area contributed by atoms with Crippen molar-refractivity contribution in [3.8, 4) is 0 Å². The van der Waals surface area contributed by atoms with E-state index < -0.39 is 143 Å². The third-order valence-electron chi connectivity index (χ3n) is 7.56. The van der Waals surface area contributed by atoms with Crippen molar-refractivity contribution in [3.63, 3.8) is 0 Å². The molecule has 8 amide bonds. The van der Waals surface area contributed by atoms with Gasteiger partial charge in [0.15, 0.2) is 0 Å². The molecule has 0 aromatic heterocycles. The van der Waals surface area contributed by atoms with Crippen LogP contribution in [0.3, 0.4) is 0 Å². The van der Waals surface area contributed by atoms with E-state index >= 15 is 0 Å². The minimum Gasteiger partial charge on any atom is -0.390 e. The number of carbonyl (C=O) groups excluding carboxylic acids is 16. The molecule has 0 aliphatic carbocycles. The second-order valence-corrected chi connectivity index (χ2v) is 17.4. The first kappa shape index (κ1) is 77.6. The molecular weight excluding hydrogens is 1170 g/mol. The molecule has 0 rings (SSSR count). The van der Waals surface area contributed by atoms with E-state index in [0.717, 1.165) is 0 Å². The summed E-state index contributed by atoms with van der Waals surface area (Å²) in [5.74, 6) is -11.2. The molecule has 0 fully saturated rings. The first-order valence-corrected chi connectivity index (χ1v) is 26.4. The molecule has 0 aromatic rings. The van der Waals surface area contributed by atoms with Crippen molar-refractivity contribution in [2.75, 3.05) is 46.0 Å². The highest BCUT2D eigenvalue weighted by molar-refractivity contribution is 7.81. The zero-order valence-electron chi connectivity index (χ0n) is 42.0. The molecule has 36 heteroatoms. The molecule has 0 aliphatic heterocycles. The van der Waals surface area contributed by atoms with Crippen LogP contribution >= 0.6 is 101 Å². The van der Waals surface area contributed by atoms with Crippen molar-refractivity contribution >= 4 is 196 Å². The van der Waals surface area contributed by atoms with Gasteiger partial charge in [0.2, 0.25) is 47.3 Å². The maximum atomic E-state index is 11.6. The Morgan fingerprint density at radius 1 is 0.224 bits per heavy atom. The van der Waals surface area contributed by atoms with Crippen LogP contribution in [0.4, 0.5) is 0 Å². The van der Waals surface area contributed by atoms with Crippen LogP contribution in [0.5, 0.6) is 0 Å². The van der Waals surface area contributed by atoms with Crippen molar-refractivity contribution in [1.29, 1.82) is 0 Å². The van der Waals surface area contributed by atoms with Gasteiger partial charge in [0.1, 0.15) is 48.3 Å². The third-order valence-corrected chi connectivity index (χ3v) is 10.5. The Labute approximate surface area is 481 Å². The standard InChI is InChI=1S/4C10H16N2O5S2/c4*1-5(13)11-7(3-18)9(15)17-10(16)8(4-19)12-6(2)14/h4*7-8,18-19H,3-4H2,1-2H3,(H,11,13)(H,12,14)/t2*7-,8+;2*7-,8-/m..10/s1. The van der Waals surface area contributed by atoms with E-state index in [1.54, 1.807) is 0 Å². The number of hydrogen-bond acceptors (Lipinski definition) is 28. The second-order valence-electron chi connectivity index (χ2n) is 14.4. The lowest BCUT2D eigenvalue weighted by Crippen LogP contribution is -2.47. The molecular formula is C40H64N8O20S8. The maximum absolute atomic E-state index is 11.6. The molecule has 432 valence electrons. The summed E-state index contributed by atoms with van der Waals surface area (Å²) >= 11 is 31.0. The molecule has 28 nitrogen and oxygen atoms in total. The summed E-state index contributed by atoms with van der Waals surface area (Å²) in [6, 6.07) is -8.20. The summed E-state index contributed by atoms with van der Waals surface area (Å²) in [5.41, 5.74) is 0. The Kier molecular flexibility index (Phi) is 45.1. The average molecular weight is 1230 g/mol. The van der Waals surface area contributed by atoms with Crippen molar-refractivity contribution in [2.24, 2.45) is 0 Å². The fourth-order valence-corrected chi connectivity index (χ4v) is 6.28. The number of nitrogens with one attached hydrogen (secondary N) is 8. The van der Waals surface area contributed by atoms with E-state index in [1.165, 1.54) is 55.4 Å². The van der Waals surface area contributed by atoms with Crippen molar-refractivity contribution in [3.05, 3.63) is 0 Å². The fraction of sp³-hybridized carbons (Fsp3) is 0.600. The molecule has 0 bridgehead atoms. The molecule has 0 saturated carbocycles. The predicted molar refractivity (Wildman–Crippen MR) is 296 cm³/mol. The lowest BCUT2D eigenvalue weighted by atomic mass is 10.3. The second kappa shape index (κ2) is 44.1. The Bertz CT molecular complexity index is 1640. The topological polar surface area (TPSA) is 406 Å². The van der Waals surface area contributed by atoms with Crippen molar-refractivity contribution in [2.45, 2.75) is 104 Å². The van der Waals surface area contributed by atoms with Crippen LogP contribution in [0.1, 0.15) is 55.4 Å². The molecule has 76 heavy (non-hydrogen) atoms. The van der Waals surface area contributed by atoms with Gasteiger partial charge in [-0.3, -0.25) is 38.4 Å². The maximum Gasteiger partial charge on any atom is 0.337 e. The highest BCUT2D eigenvalue weighted by Gasteiger charge is 2.31. The summed E-state index contributed by atoms with van der Waals surface area (Å²) < 4.78 is 18.2. The molecule has 0 spiro atoms. The van der Waals surface area contributed by atoms with E-state index in [0.29, 0.717) is 0 Å². The number of amides is 8. The van der Waals surface area contributed by atoms with Crippen LogP contribution in [0.15, 0.2) is 0 Å². The zero-order valence-corrected chi connectivity index (χ0v) is 49.2. The molecule has 0 saturated heterocycles. The van der Waals surface area contributed by atoms with Crippen LogP contribution in [-0.4, -0.2) is 189 Å². The molecule has 0 radical (unpaired) electrons. The summed E-state index contributed by atoms with van der Waals surface area (Å²) in [5, 5.41) is 18.3. The Morgan fingerprint density at radius 2 is 0.303 bits per heavy atom. The van der Waals surface area contributed by atoms with E-state index in [1.807, 2.05) is 0 Å². The summed E-state index contributed by atoms with van der Waals surface area (Å²) in [6.07, 6.45) is 0. The Morgan fingerprint density at radius 3 is 0.355 bits per heavy atom. The largest absolute Gasteiger partial charge is 0.390 e. The van der Waals surface area contributed by atoms with Gasteiger partial charge in [-0.1, -0.05) is 0 Å². The van der Waals surface area contributed by atoms with Gasteiger partial charge in [-0.05, 0) is 0 Å². The zero-order chi connectivity index (χ0) is 60.0. The highest BCUT2D eigenvalue weighted by Crippen LogP contribution is 2.03. The number of thiol groups is 8. The van der Waals surface area contributed by atoms with E-state index in [-0.39, 0.29) is 46.0 Å². The number of carbonyl (C=O) groups is 16. The van der Waals surface area contributed by atoms with Crippen molar-refractivity contribution in [1.82, 2.24) is 42.5 Å². The lowest BCUT2D eigenvalue weighted by molar-refractivity contribution is -0.164. The quantitative estimate of drug-likeness (QED) is 0.0188. The molecule has 0 aliphatic rings. The molecule has 8 atom stereocenters. The van der Waals surface area contributed by atoms with Crippen LogP contribution in [0.25, 0.3) is 0 Å². The lowest BCUT2D eigenvalue weighted by Gasteiger charge is -2.17. The average Bonchev–Trinajstić information content (AvgIpc) is 3.32. The fourth-order valence-electron chi connectivity index (χ4n) is 4.36. The molecule has 0 heterocycles. The predicted octanol–water partition coefficient (Wildman–Crippen LogP) is -4.30. The highest BCUT2D eigenvalue weighted by atomic mass is 32.1. The van der Waals surface area contributed by atoms with Crippen LogP contribution in [-0.2, 0) is 95.7 Å². The number of hydrogen-bond donors (Lipinski definition) is 16. The van der Waals surface area contributed by atoms with Gasteiger partial charge < -0.3 is 61.5 Å². The van der Waals surface area contributed by atoms with Gasteiger partial charge in [-0.15, -0.1) is 0 Å². The van der Waals surface area contributed by atoms with Crippen LogP contribution in [0.2, 0.25) is 0 Å². The first-order valence-electron chi connectivity index (χ1n) is 21.3. The minimum absolute atomic E-state index is 0.0165. The van der Waals surface area contributed by atoms with Crippen LogP contribution < -0.4 is 42.5 Å². The Hall–Kier alpha value is -4.88. The van der Waals surface area contributed by atoms with Gasteiger partial charge in [-0.2, -0.15) is 101 Å². The monoisotopic (exact) mass is 1230 g/mol. The molecule has 0 unspecified atom stereocenters. The Balaban J connectivity index is -0.000000455. The summed E-state index contributed by atoms with van der Waals surface area (Å²) in [6.45, 7) is 9.77. The summed E-state index contributed by atoms with van der Waals surface area (Å²) in [7, 11) is 0. The van der Waals surface area contributed by atoms with Gasteiger partial charge in [0.25, 0.3) is 0 Å².